The third-order valence-corrected chi connectivity index (χ3v) is 7.77. The first-order chi connectivity index (χ1) is 16.1. The molecule has 0 radical (unpaired) electrons. The van der Waals surface area contributed by atoms with Crippen molar-refractivity contribution in [2.75, 3.05) is 6.54 Å². The number of nitrogens with one attached hydrogen (secondary N) is 3. The lowest BCUT2D eigenvalue weighted by molar-refractivity contribution is 0.557. The van der Waals surface area contributed by atoms with E-state index in [-0.39, 0.29) is 30.0 Å². The monoisotopic (exact) mass is 506 g/mol. The predicted octanol–water partition coefficient (Wildman–Crippen LogP) is -0.858. The Morgan fingerprint density at radius 2 is 1.85 bits per heavy atom. The average Bonchev–Trinajstić information content (AvgIpc) is 3.46. The third kappa shape index (κ3) is 4.29. The summed E-state index contributed by atoms with van der Waals surface area (Å²) in [6.07, 6.45) is 0. The van der Waals surface area contributed by atoms with Gasteiger partial charge in [0.1, 0.15) is 15.6 Å². The molecule has 9 N–H and O–H groups in total. The van der Waals surface area contributed by atoms with Gasteiger partial charge in [0.15, 0.2) is 0 Å². The number of benzene rings is 2. The summed E-state index contributed by atoms with van der Waals surface area (Å²) in [6.45, 7) is 1.68. The molecule has 1 atom stereocenters. The molecule has 0 aliphatic rings. The van der Waals surface area contributed by atoms with Gasteiger partial charge in [0.05, 0.1) is 23.1 Å². The number of sulfonamides is 2. The zero-order valence-electron chi connectivity index (χ0n) is 17.8. The Morgan fingerprint density at radius 3 is 2.47 bits per heavy atom. The minimum absolute atomic E-state index is 0.00957. The van der Waals surface area contributed by atoms with Crippen LogP contribution in [0.25, 0.3) is 33.5 Å². The van der Waals surface area contributed by atoms with E-state index in [1.54, 1.807) is 18.2 Å². The highest BCUT2D eigenvalue weighted by molar-refractivity contribution is 7.92. The van der Waals surface area contributed by atoms with E-state index in [1.807, 2.05) is 0 Å². The number of tetrazole rings is 1. The molecule has 16 heteroatoms. The van der Waals surface area contributed by atoms with Crippen molar-refractivity contribution >= 4 is 31.1 Å². The maximum Gasteiger partial charge on any atom is 0.242 e. The highest BCUT2D eigenvalue weighted by Crippen LogP contribution is 2.40. The van der Waals surface area contributed by atoms with Gasteiger partial charge in [-0.1, -0.05) is 18.2 Å². The Hall–Kier alpha value is -3.28. The number of hydrogen-bond donors (Lipinski definition) is 6. The fraction of sp³-hybridized carbons (Fsp3) is 0.222. The van der Waals surface area contributed by atoms with Gasteiger partial charge in [-0.3, -0.25) is 0 Å². The summed E-state index contributed by atoms with van der Waals surface area (Å²) in [5.74, 6) is 0.337. The first-order valence-corrected chi connectivity index (χ1v) is 12.9. The average molecular weight is 507 g/mol. The summed E-state index contributed by atoms with van der Waals surface area (Å²) in [5, 5.41) is 19.1. The predicted molar refractivity (Wildman–Crippen MR) is 123 cm³/mol. The van der Waals surface area contributed by atoms with E-state index in [0.29, 0.717) is 22.4 Å². The van der Waals surface area contributed by atoms with Crippen LogP contribution in [0.2, 0.25) is 0 Å². The third-order valence-electron chi connectivity index (χ3n) is 5.02. The largest absolute Gasteiger partial charge is 0.341 e. The van der Waals surface area contributed by atoms with E-state index in [9.17, 15) is 16.8 Å². The smallest absolute Gasteiger partial charge is 0.242 e. The first kappa shape index (κ1) is 23.9. The number of imidazole rings is 1. The van der Waals surface area contributed by atoms with Crippen LogP contribution in [0.4, 0.5) is 0 Å². The molecule has 0 aliphatic carbocycles. The quantitative estimate of drug-likeness (QED) is 0.173. The molecule has 0 amide bonds. The molecule has 180 valence electrons. The van der Waals surface area contributed by atoms with Gasteiger partial charge in [-0.25, -0.2) is 31.7 Å². The molecule has 0 fully saturated rings. The van der Waals surface area contributed by atoms with Crippen molar-refractivity contribution in [3.63, 3.8) is 0 Å². The fourth-order valence-electron chi connectivity index (χ4n) is 3.55. The number of fused-ring (bicyclic) bond motifs is 1. The Kier molecular flexibility index (Phi) is 6.19. The van der Waals surface area contributed by atoms with Crippen LogP contribution in [-0.4, -0.2) is 60.0 Å². The second-order valence-corrected chi connectivity index (χ2v) is 10.6. The van der Waals surface area contributed by atoms with Crippen LogP contribution < -0.4 is 21.3 Å². The SMILES string of the molecule is CC(CN)NS(=O)(=O)c1ccc(-c2cccc3[nH]c(CN)nc23)c(-c2nn[nH]n2)c1S(N)(=O)=O. The molecule has 0 saturated heterocycles. The molecule has 34 heavy (non-hydrogen) atoms. The molecule has 0 bridgehead atoms. The first-order valence-electron chi connectivity index (χ1n) is 9.91. The normalized spacial score (nSPS) is 13.4. The fourth-order valence-corrected chi connectivity index (χ4v) is 6.40. The number of primary sulfonamides is 1. The second-order valence-electron chi connectivity index (χ2n) is 7.44. The Morgan fingerprint density at radius 1 is 1.09 bits per heavy atom. The van der Waals surface area contributed by atoms with Crippen molar-refractivity contribution in [1.82, 2.24) is 35.3 Å². The summed E-state index contributed by atoms with van der Waals surface area (Å²) in [6, 6.07) is 7.11. The summed E-state index contributed by atoms with van der Waals surface area (Å²) in [4.78, 5) is 6.29. The second kappa shape index (κ2) is 8.82. The van der Waals surface area contributed by atoms with Gasteiger partial charge in [-0.05, 0) is 29.8 Å². The molecule has 2 aromatic heterocycles. The molecule has 2 aromatic carbocycles. The van der Waals surface area contributed by atoms with Gasteiger partial charge in [0.25, 0.3) is 0 Å². The lowest BCUT2D eigenvalue weighted by Crippen LogP contribution is -2.38. The number of aromatic nitrogens is 6. The highest BCUT2D eigenvalue weighted by atomic mass is 32.2. The number of H-pyrrole nitrogens is 2. The van der Waals surface area contributed by atoms with Crippen LogP contribution in [0.5, 0.6) is 0 Å². The molecule has 4 aromatic rings. The summed E-state index contributed by atoms with van der Waals surface area (Å²) >= 11 is 0. The van der Waals surface area contributed by atoms with Crippen LogP contribution in [0.15, 0.2) is 40.1 Å². The lowest BCUT2D eigenvalue weighted by atomic mass is 9.98. The van der Waals surface area contributed by atoms with Crippen molar-refractivity contribution < 1.29 is 16.8 Å². The van der Waals surface area contributed by atoms with Gasteiger partial charge >= 0.3 is 0 Å². The molecule has 0 saturated carbocycles. The van der Waals surface area contributed by atoms with Crippen LogP contribution in [0.1, 0.15) is 12.7 Å². The van der Waals surface area contributed by atoms with Crippen molar-refractivity contribution in [1.29, 1.82) is 0 Å². The summed E-state index contributed by atoms with van der Waals surface area (Å²) in [7, 11) is -8.97. The number of para-hydroxylation sites is 1. The minimum atomic E-state index is -4.62. The van der Waals surface area contributed by atoms with Crippen LogP contribution in [0, 0.1) is 0 Å². The molecule has 0 aliphatic heterocycles. The van der Waals surface area contributed by atoms with E-state index in [4.69, 9.17) is 16.6 Å². The standard InChI is InChI=1S/C18H22N10O4S2/c1-9(7-19)26-34(31,32)13-6-5-10(11-3-2-4-12-16(11)23-14(8-20)22-12)15(17(13)33(21,29)30)18-24-27-28-25-18/h2-6,9,26H,7-8,19-20H2,1H3,(H,22,23)(H2,21,29,30)(H,24,25,27,28). The van der Waals surface area contributed by atoms with E-state index in [1.165, 1.54) is 13.0 Å². The molecule has 1 unspecified atom stereocenters. The molecular formula is C18H22N10O4S2. The van der Waals surface area contributed by atoms with Crippen molar-refractivity contribution in [3.8, 4) is 22.5 Å². The Balaban J connectivity index is 2.12. The minimum Gasteiger partial charge on any atom is -0.341 e. The Bertz CT molecular complexity index is 1560. The summed E-state index contributed by atoms with van der Waals surface area (Å²) in [5.41, 5.74) is 13.0. The van der Waals surface area contributed by atoms with Gasteiger partial charge in [-0.15, -0.1) is 10.2 Å². The van der Waals surface area contributed by atoms with Gasteiger partial charge in [0.2, 0.25) is 25.9 Å². The van der Waals surface area contributed by atoms with E-state index >= 15 is 0 Å². The number of rotatable bonds is 8. The van der Waals surface area contributed by atoms with Gasteiger partial charge < -0.3 is 16.5 Å². The topological polar surface area (TPSA) is 242 Å². The molecule has 4 rings (SSSR count). The number of nitrogens with two attached hydrogens (primary N) is 3. The number of hydrogen-bond acceptors (Lipinski definition) is 10. The van der Waals surface area contributed by atoms with E-state index in [0.717, 1.165) is 6.07 Å². The van der Waals surface area contributed by atoms with Gasteiger partial charge in [-0.2, -0.15) is 5.21 Å². The molecule has 14 nitrogen and oxygen atoms in total. The maximum absolute atomic E-state index is 13.1. The van der Waals surface area contributed by atoms with Crippen LogP contribution >= 0.6 is 0 Å². The zero-order valence-corrected chi connectivity index (χ0v) is 19.5. The van der Waals surface area contributed by atoms with Gasteiger partial charge in [0, 0.05) is 18.2 Å². The van der Waals surface area contributed by atoms with E-state index in [2.05, 4.69) is 35.3 Å². The van der Waals surface area contributed by atoms with Crippen LogP contribution in [-0.2, 0) is 26.6 Å². The highest BCUT2D eigenvalue weighted by Gasteiger charge is 2.33. The molecular weight excluding hydrogens is 484 g/mol. The van der Waals surface area contributed by atoms with E-state index < -0.39 is 35.9 Å². The van der Waals surface area contributed by atoms with Crippen molar-refractivity contribution in [2.24, 2.45) is 16.6 Å². The zero-order chi connectivity index (χ0) is 24.7. The summed E-state index contributed by atoms with van der Waals surface area (Å²) < 4.78 is 54.2. The van der Waals surface area contributed by atoms with Crippen LogP contribution in [0.3, 0.4) is 0 Å². The molecule has 0 spiro atoms. The lowest BCUT2D eigenvalue weighted by Gasteiger charge is -2.18. The Labute approximate surface area is 194 Å². The van der Waals surface area contributed by atoms with Crippen molar-refractivity contribution in [3.05, 3.63) is 36.2 Å². The number of aromatic amines is 2. The number of nitrogens with zero attached hydrogens (tertiary/aromatic N) is 4. The molecule has 2 heterocycles. The maximum atomic E-state index is 13.1. The van der Waals surface area contributed by atoms with Crippen molar-refractivity contribution in [2.45, 2.75) is 29.3 Å².